The number of carbonyl (C=O) groups excluding carboxylic acids is 1. The van der Waals surface area contributed by atoms with Gasteiger partial charge in [0.05, 0.1) is 29.6 Å². The van der Waals surface area contributed by atoms with Crippen molar-refractivity contribution in [2.45, 2.75) is 13.0 Å². The number of hydrogen-bond acceptors (Lipinski definition) is 5. The van der Waals surface area contributed by atoms with Crippen molar-refractivity contribution in [1.82, 2.24) is 9.88 Å². The summed E-state index contributed by atoms with van der Waals surface area (Å²) >= 11 is 0. The molecule has 6 heteroatoms. The molecule has 3 aromatic carbocycles. The number of benzene rings is 3. The number of fused-ring (bicyclic) bond motifs is 1. The van der Waals surface area contributed by atoms with Gasteiger partial charge in [0.15, 0.2) is 5.88 Å². The molecular weight excluding hydrogens is 438 g/mol. The molecule has 176 valence electrons. The zero-order valence-electron chi connectivity index (χ0n) is 19.6. The van der Waals surface area contributed by atoms with Crippen LogP contribution in [0, 0.1) is 0 Å². The molecule has 0 amide bonds. The van der Waals surface area contributed by atoms with Gasteiger partial charge in [0.25, 0.3) is 0 Å². The van der Waals surface area contributed by atoms with Crippen LogP contribution < -0.4 is 0 Å². The van der Waals surface area contributed by atoms with Crippen molar-refractivity contribution in [3.05, 3.63) is 107 Å². The van der Waals surface area contributed by atoms with Gasteiger partial charge in [-0.3, -0.25) is 4.90 Å². The van der Waals surface area contributed by atoms with Crippen LogP contribution in [0.4, 0.5) is 5.69 Å². The van der Waals surface area contributed by atoms with Crippen LogP contribution in [-0.2, 0) is 11.3 Å². The van der Waals surface area contributed by atoms with Gasteiger partial charge in [-0.05, 0) is 36.2 Å². The molecule has 1 aliphatic heterocycles. The van der Waals surface area contributed by atoms with E-state index in [0.717, 1.165) is 42.7 Å². The van der Waals surface area contributed by atoms with E-state index < -0.39 is 5.97 Å². The average molecular weight is 466 g/mol. The van der Waals surface area contributed by atoms with Crippen LogP contribution in [0.2, 0.25) is 0 Å². The molecule has 0 bridgehead atoms. The van der Waals surface area contributed by atoms with Gasteiger partial charge in [-0.1, -0.05) is 60.7 Å². The fourth-order valence-electron chi connectivity index (χ4n) is 4.43. The molecule has 0 radical (unpaired) electrons. The maximum Gasteiger partial charge on any atom is 0.337 e. The smallest absolute Gasteiger partial charge is 0.337 e. The summed E-state index contributed by atoms with van der Waals surface area (Å²) in [6.45, 7) is 2.97. The molecule has 0 unspecified atom stereocenters. The lowest BCUT2D eigenvalue weighted by Crippen LogP contribution is -2.26. The summed E-state index contributed by atoms with van der Waals surface area (Å²) in [5.74, 6) is -0.431. The average Bonchev–Trinajstić information content (AvgIpc) is 3.23. The van der Waals surface area contributed by atoms with Gasteiger partial charge in [0.1, 0.15) is 0 Å². The minimum absolute atomic E-state index is 0.000563. The summed E-state index contributed by atoms with van der Waals surface area (Å²) in [7, 11) is 1.35. The standard InChI is InChI=1S/C29H27N3O3/c1-35-29(34)22-12-15-24-25(18-22)31-28(33)26(24)27(21-8-4-2-5-9-21)30-23-13-10-20(11-14-23)19-32-16-6-3-7-17-32/h2-6,8-15,18,31,33H,7,16-17,19H2,1H3. The van der Waals surface area contributed by atoms with Crippen LogP contribution in [0.25, 0.3) is 10.9 Å². The van der Waals surface area contributed by atoms with Crippen molar-refractivity contribution in [3.8, 4) is 5.88 Å². The van der Waals surface area contributed by atoms with Gasteiger partial charge in [-0.2, -0.15) is 0 Å². The van der Waals surface area contributed by atoms with Crippen molar-refractivity contribution in [1.29, 1.82) is 0 Å². The normalized spacial score (nSPS) is 14.4. The molecule has 0 aliphatic carbocycles. The third-order valence-electron chi connectivity index (χ3n) is 6.21. The van der Waals surface area contributed by atoms with Crippen molar-refractivity contribution < 1.29 is 14.6 Å². The summed E-state index contributed by atoms with van der Waals surface area (Å²) in [5, 5.41) is 11.7. The largest absolute Gasteiger partial charge is 0.494 e. The van der Waals surface area contributed by atoms with Gasteiger partial charge in [0, 0.05) is 36.1 Å². The second-order valence-electron chi connectivity index (χ2n) is 8.59. The van der Waals surface area contributed by atoms with Crippen LogP contribution in [-0.4, -0.2) is 46.9 Å². The second kappa shape index (κ2) is 9.99. The van der Waals surface area contributed by atoms with E-state index in [0.29, 0.717) is 22.4 Å². The van der Waals surface area contributed by atoms with Crippen LogP contribution in [0.1, 0.15) is 33.5 Å². The molecule has 35 heavy (non-hydrogen) atoms. The van der Waals surface area contributed by atoms with Gasteiger partial charge in [0.2, 0.25) is 0 Å². The number of nitrogens with one attached hydrogen (secondary N) is 1. The first-order valence-electron chi connectivity index (χ1n) is 11.7. The summed E-state index contributed by atoms with van der Waals surface area (Å²) in [4.78, 5) is 22.3. The maximum atomic E-state index is 12.0. The Kier molecular flexibility index (Phi) is 6.46. The number of aromatic nitrogens is 1. The van der Waals surface area contributed by atoms with E-state index in [1.165, 1.54) is 12.7 Å². The highest BCUT2D eigenvalue weighted by Crippen LogP contribution is 2.32. The first-order chi connectivity index (χ1) is 17.1. The quantitative estimate of drug-likeness (QED) is 0.221. The number of aliphatic imine (C=N–C) groups is 1. The Morgan fingerprint density at radius 3 is 2.54 bits per heavy atom. The molecule has 0 saturated carbocycles. The van der Waals surface area contributed by atoms with Crippen LogP contribution in [0.5, 0.6) is 5.88 Å². The molecule has 6 nitrogen and oxygen atoms in total. The highest BCUT2D eigenvalue weighted by Gasteiger charge is 2.20. The lowest BCUT2D eigenvalue weighted by atomic mass is 10.00. The molecule has 0 fully saturated rings. The zero-order chi connectivity index (χ0) is 24.2. The number of ether oxygens (including phenoxy) is 1. The van der Waals surface area contributed by atoms with E-state index in [1.54, 1.807) is 12.1 Å². The number of methoxy groups -OCH3 is 1. The number of aromatic amines is 1. The van der Waals surface area contributed by atoms with E-state index in [1.807, 2.05) is 48.5 Å². The van der Waals surface area contributed by atoms with E-state index in [2.05, 4.69) is 34.2 Å². The molecule has 0 saturated heterocycles. The van der Waals surface area contributed by atoms with Gasteiger partial charge < -0.3 is 14.8 Å². The summed E-state index contributed by atoms with van der Waals surface area (Å²) in [6.07, 6.45) is 5.55. The van der Waals surface area contributed by atoms with Crippen LogP contribution in [0.15, 0.2) is 89.9 Å². The fourth-order valence-corrected chi connectivity index (χ4v) is 4.43. The number of aromatic hydroxyl groups is 1. The van der Waals surface area contributed by atoms with E-state index in [4.69, 9.17) is 9.73 Å². The number of rotatable bonds is 6. The topological polar surface area (TPSA) is 77.9 Å². The van der Waals surface area contributed by atoms with Crippen molar-refractivity contribution in [3.63, 3.8) is 0 Å². The number of esters is 1. The van der Waals surface area contributed by atoms with E-state index in [-0.39, 0.29) is 5.88 Å². The van der Waals surface area contributed by atoms with E-state index >= 15 is 0 Å². The molecular formula is C29H27N3O3. The Morgan fingerprint density at radius 1 is 1.03 bits per heavy atom. The summed E-state index contributed by atoms with van der Waals surface area (Å²) in [5.41, 5.74) is 5.20. The SMILES string of the molecule is COC(=O)c1ccc2c(C(=Nc3ccc(CN4CC=CCC4)cc3)c3ccccc3)c(O)[nH]c2c1. The van der Waals surface area contributed by atoms with Crippen LogP contribution >= 0.6 is 0 Å². The minimum atomic E-state index is -0.430. The number of nitrogens with zero attached hydrogens (tertiary/aromatic N) is 2. The van der Waals surface area contributed by atoms with E-state index in [9.17, 15) is 9.90 Å². The first-order valence-corrected chi connectivity index (χ1v) is 11.7. The van der Waals surface area contributed by atoms with Gasteiger partial charge >= 0.3 is 5.97 Å². The van der Waals surface area contributed by atoms with Gasteiger partial charge in [-0.25, -0.2) is 9.79 Å². The Hall–Kier alpha value is -4.16. The third-order valence-corrected chi connectivity index (χ3v) is 6.21. The molecule has 1 aliphatic rings. The fraction of sp³-hybridized carbons (Fsp3) is 0.172. The molecule has 2 heterocycles. The molecule has 0 atom stereocenters. The van der Waals surface area contributed by atoms with Gasteiger partial charge in [-0.15, -0.1) is 0 Å². The summed E-state index contributed by atoms with van der Waals surface area (Å²) in [6, 6.07) is 23.2. The lowest BCUT2D eigenvalue weighted by molar-refractivity contribution is 0.0601. The van der Waals surface area contributed by atoms with Crippen LogP contribution in [0.3, 0.4) is 0 Å². The van der Waals surface area contributed by atoms with Crippen molar-refractivity contribution in [2.24, 2.45) is 4.99 Å². The highest BCUT2D eigenvalue weighted by atomic mass is 16.5. The molecule has 0 spiro atoms. The summed E-state index contributed by atoms with van der Waals surface area (Å²) < 4.78 is 4.83. The Balaban J connectivity index is 1.54. The molecule has 4 aromatic rings. The lowest BCUT2D eigenvalue weighted by Gasteiger charge is -2.22. The number of H-pyrrole nitrogens is 1. The highest BCUT2D eigenvalue weighted by molar-refractivity contribution is 6.22. The predicted octanol–water partition coefficient (Wildman–Crippen LogP) is 5.59. The number of carbonyl (C=O) groups is 1. The van der Waals surface area contributed by atoms with Crippen molar-refractivity contribution >= 4 is 28.3 Å². The maximum absolute atomic E-state index is 12.0. The van der Waals surface area contributed by atoms with Crippen molar-refractivity contribution in [2.75, 3.05) is 20.2 Å². The molecule has 1 aromatic heterocycles. The second-order valence-corrected chi connectivity index (χ2v) is 8.59. The monoisotopic (exact) mass is 465 g/mol. The zero-order valence-corrected chi connectivity index (χ0v) is 19.6. The molecule has 2 N–H and O–H groups in total. The number of hydrogen-bond donors (Lipinski definition) is 2. The minimum Gasteiger partial charge on any atom is -0.494 e. The Bertz CT molecular complexity index is 1400. The third kappa shape index (κ3) is 4.88. The first kappa shape index (κ1) is 22.6. The predicted molar refractivity (Wildman–Crippen MR) is 139 cm³/mol. The Labute approximate surface area is 204 Å². The Morgan fingerprint density at radius 2 is 1.83 bits per heavy atom. The molecule has 5 rings (SSSR count).